The average molecular weight is 512 g/mol. The van der Waals surface area contributed by atoms with Crippen molar-refractivity contribution in [3.05, 3.63) is 71.4 Å². The number of amides is 1. The Bertz CT molecular complexity index is 1280. The van der Waals surface area contributed by atoms with Gasteiger partial charge in [-0.15, -0.1) is 0 Å². The van der Waals surface area contributed by atoms with E-state index in [1.54, 1.807) is 13.2 Å². The van der Waals surface area contributed by atoms with Gasteiger partial charge in [0, 0.05) is 40.5 Å². The quantitative estimate of drug-likeness (QED) is 0.227. The first kappa shape index (κ1) is 26.9. The molecule has 0 radical (unpaired) electrons. The van der Waals surface area contributed by atoms with E-state index >= 15 is 0 Å². The second kappa shape index (κ2) is 12.9. The molecule has 0 bridgehead atoms. The molecule has 0 aliphatic heterocycles. The van der Waals surface area contributed by atoms with E-state index < -0.39 is 5.82 Å². The van der Waals surface area contributed by atoms with Crippen LogP contribution in [0.15, 0.2) is 55.0 Å². The van der Waals surface area contributed by atoms with Gasteiger partial charge >= 0.3 is 0 Å². The molecule has 9 heteroatoms. The van der Waals surface area contributed by atoms with Crippen LogP contribution in [0.3, 0.4) is 0 Å². The number of carbonyl (C=O) groups is 1. The highest BCUT2D eigenvalue weighted by atomic mass is 35.5. The third-order valence-electron chi connectivity index (χ3n) is 5.68. The van der Waals surface area contributed by atoms with Gasteiger partial charge in [0.2, 0.25) is 5.91 Å². The summed E-state index contributed by atoms with van der Waals surface area (Å²) in [7, 11) is 1.61. The summed E-state index contributed by atoms with van der Waals surface area (Å²) in [5, 5.41) is 7.39. The Morgan fingerprint density at radius 1 is 1.17 bits per heavy atom. The first-order valence-corrected chi connectivity index (χ1v) is 12.1. The third kappa shape index (κ3) is 7.18. The van der Waals surface area contributed by atoms with Crippen molar-refractivity contribution in [2.24, 2.45) is 5.73 Å². The van der Waals surface area contributed by atoms with E-state index in [9.17, 15) is 9.18 Å². The van der Waals surface area contributed by atoms with Gasteiger partial charge in [0.25, 0.3) is 0 Å². The number of allylic oxidation sites excluding steroid dienone is 2. The SMILES string of the molecule is C=C(CCCCCCC(N)=O)N/C(=C\C)c1cc2c(Nc3ccc(F)c(Cl)c3)ncnc2cc1OC. The molecule has 0 saturated heterocycles. The lowest BCUT2D eigenvalue weighted by molar-refractivity contribution is -0.118. The maximum atomic E-state index is 13.6. The van der Waals surface area contributed by atoms with Crippen LogP contribution in [0.25, 0.3) is 16.6 Å². The molecule has 0 atom stereocenters. The van der Waals surface area contributed by atoms with E-state index in [0.29, 0.717) is 29.2 Å². The predicted octanol–water partition coefficient (Wildman–Crippen LogP) is 6.46. The van der Waals surface area contributed by atoms with Crippen LogP contribution in [0, 0.1) is 5.82 Å². The Kier molecular flexibility index (Phi) is 9.64. The largest absolute Gasteiger partial charge is 0.496 e. The molecule has 2 aromatic carbocycles. The van der Waals surface area contributed by atoms with Gasteiger partial charge in [-0.2, -0.15) is 0 Å². The normalized spacial score (nSPS) is 11.4. The van der Waals surface area contributed by atoms with Crippen LogP contribution in [0.2, 0.25) is 5.02 Å². The molecule has 3 rings (SSSR count). The lowest BCUT2D eigenvalue weighted by atomic mass is 10.0. The molecule has 7 nitrogen and oxygen atoms in total. The second-order valence-corrected chi connectivity index (χ2v) is 8.76. The van der Waals surface area contributed by atoms with Gasteiger partial charge in [0.05, 0.1) is 17.6 Å². The minimum absolute atomic E-state index is 0.0208. The third-order valence-corrected chi connectivity index (χ3v) is 5.97. The van der Waals surface area contributed by atoms with Gasteiger partial charge in [-0.25, -0.2) is 14.4 Å². The zero-order chi connectivity index (χ0) is 26.1. The Morgan fingerprint density at radius 2 is 1.92 bits per heavy atom. The first-order valence-electron chi connectivity index (χ1n) is 11.8. The minimum atomic E-state index is -0.489. The zero-order valence-corrected chi connectivity index (χ0v) is 21.3. The number of rotatable bonds is 13. The lowest BCUT2D eigenvalue weighted by Gasteiger charge is -2.18. The van der Waals surface area contributed by atoms with Crippen molar-refractivity contribution in [3.63, 3.8) is 0 Å². The van der Waals surface area contributed by atoms with Gasteiger partial charge in [-0.05, 0) is 50.5 Å². The highest BCUT2D eigenvalue weighted by Gasteiger charge is 2.15. The summed E-state index contributed by atoms with van der Waals surface area (Å²) in [5.41, 5.74) is 9.02. The number of nitrogens with one attached hydrogen (secondary N) is 2. The monoisotopic (exact) mass is 511 g/mol. The van der Waals surface area contributed by atoms with E-state index in [4.69, 9.17) is 22.1 Å². The molecule has 0 fully saturated rings. The van der Waals surface area contributed by atoms with Crippen LogP contribution < -0.4 is 21.1 Å². The molecule has 1 heterocycles. The fourth-order valence-corrected chi connectivity index (χ4v) is 3.99. The Labute approximate surface area is 215 Å². The molecular weight excluding hydrogens is 481 g/mol. The molecule has 190 valence electrons. The number of primary amides is 1. The maximum absolute atomic E-state index is 13.6. The molecule has 36 heavy (non-hydrogen) atoms. The molecule has 1 amide bonds. The Morgan fingerprint density at radius 3 is 2.58 bits per heavy atom. The van der Waals surface area contributed by atoms with E-state index in [1.165, 1.54) is 18.5 Å². The van der Waals surface area contributed by atoms with E-state index in [2.05, 4.69) is 27.2 Å². The van der Waals surface area contributed by atoms with E-state index in [-0.39, 0.29) is 10.9 Å². The summed E-state index contributed by atoms with van der Waals surface area (Å²) >= 11 is 5.94. The number of benzene rings is 2. The van der Waals surface area contributed by atoms with Crippen molar-refractivity contribution in [1.29, 1.82) is 0 Å². The number of hydrogen-bond acceptors (Lipinski definition) is 6. The van der Waals surface area contributed by atoms with Gasteiger partial charge < -0.3 is 21.1 Å². The molecule has 0 spiro atoms. The van der Waals surface area contributed by atoms with Crippen molar-refractivity contribution in [2.75, 3.05) is 12.4 Å². The smallest absolute Gasteiger partial charge is 0.217 e. The Balaban J connectivity index is 1.79. The summed E-state index contributed by atoms with van der Waals surface area (Å²) < 4.78 is 19.2. The standard InChI is InChI=1S/C27H31ClFN5O2/c1-4-23(33-17(2)9-7-5-6-8-10-26(30)35)19-14-20-24(15-25(19)36-3)31-16-32-27(20)34-18-11-12-22(29)21(28)13-18/h4,11-16,33H,2,5-10H2,1,3H3,(H2,30,35)(H,31,32,34)/b23-4-. The highest BCUT2D eigenvalue weighted by molar-refractivity contribution is 6.31. The zero-order valence-electron chi connectivity index (χ0n) is 20.5. The predicted molar refractivity (Wildman–Crippen MR) is 144 cm³/mol. The van der Waals surface area contributed by atoms with Gasteiger partial charge in [0.1, 0.15) is 23.7 Å². The highest BCUT2D eigenvalue weighted by Crippen LogP contribution is 2.33. The molecule has 0 saturated carbocycles. The van der Waals surface area contributed by atoms with Crippen LogP contribution in [0.4, 0.5) is 15.9 Å². The average Bonchev–Trinajstić information content (AvgIpc) is 2.86. The number of anilines is 2. The molecule has 0 unspecified atom stereocenters. The van der Waals surface area contributed by atoms with Crippen LogP contribution in [0.1, 0.15) is 51.0 Å². The van der Waals surface area contributed by atoms with Crippen molar-refractivity contribution >= 4 is 45.6 Å². The summed E-state index contributed by atoms with van der Waals surface area (Å²) in [5.74, 6) is 0.457. The van der Waals surface area contributed by atoms with Crippen LogP contribution in [0.5, 0.6) is 5.75 Å². The van der Waals surface area contributed by atoms with Crippen LogP contribution >= 0.6 is 11.6 Å². The van der Waals surface area contributed by atoms with Crippen molar-refractivity contribution in [1.82, 2.24) is 15.3 Å². The van der Waals surface area contributed by atoms with Crippen molar-refractivity contribution in [3.8, 4) is 5.75 Å². The molecule has 4 N–H and O–H groups in total. The molecular formula is C27H31ClFN5O2. The Hall–Kier alpha value is -3.65. The number of nitrogens with zero attached hydrogens (tertiary/aromatic N) is 2. The minimum Gasteiger partial charge on any atom is -0.496 e. The fourth-order valence-electron chi connectivity index (χ4n) is 3.81. The van der Waals surface area contributed by atoms with Gasteiger partial charge in [0.15, 0.2) is 0 Å². The first-order chi connectivity index (χ1) is 17.3. The molecule has 3 aromatic rings. The molecule has 0 aliphatic carbocycles. The number of unbranched alkanes of at least 4 members (excludes halogenated alkanes) is 3. The lowest BCUT2D eigenvalue weighted by Crippen LogP contribution is -2.12. The van der Waals surface area contributed by atoms with Crippen molar-refractivity contribution < 1.29 is 13.9 Å². The molecule has 0 aliphatic rings. The van der Waals surface area contributed by atoms with Crippen LogP contribution in [-0.2, 0) is 4.79 Å². The maximum Gasteiger partial charge on any atom is 0.217 e. The summed E-state index contributed by atoms with van der Waals surface area (Å²) in [4.78, 5) is 19.6. The number of halogens is 2. The number of ether oxygens (including phenoxy) is 1. The summed E-state index contributed by atoms with van der Waals surface area (Å²) in [6.07, 6.45) is 8.36. The van der Waals surface area contributed by atoms with E-state index in [0.717, 1.165) is 54.4 Å². The van der Waals surface area contributed by atoms with Gasteiger partial charge in [-0.3, -0.25) is 4.79 Å². The fraction of sp³-hybridized carbons (Fsp3) is 0.296. The number of aromatic nitrogens is 2. The number of methoxy groups -OCH3 is 1. The summed E-state index contributed by atoms with van der Waals surface area (Å²) in [6, 6.07) is 8.19. The van der Waals surface area contributed by atoms with Crippen LogP contribution in [-0.4, -0.2) is 23.0 Å². The topological polar surface area (TPSA) is 102 Å². The van der Waals surface area contributed by atoms with E-state index in [1.807, 2.05) is 25.1 Å². The number of nitrogens with two attached hydrogens (primary N) is 1. The number of carbonyl (C=O) groups excluding carboxylic acids is 1. The summed E-state index contributed by atoms with van der Waals surface area (Å²) in [6.45, 7) is 6.11. The van der Waals surface area contributed by atoms with Crippen molar-refractivity contribution in [2.45, 2.75) is 45.4 Å². The number of hydrogen-bond donors (Lipinski definition) is 3. The second-order valence-electron chi connectivity index (χ2n) is 8.36. The molecule has 1 aromatic heterocycles. The van der Waals surface area contributed by atoms with Gasteiger partial charge in [-0.1, -0.05) is 37.1 Å². The number of fused-ring (bicyclic) bond motifs is 1.